The third-order valence-corrected chi connectivity index (χ3v) is 7.06. The van der Waals surface area contributed by atoms with E-state index in [1.165, 1.54) is 4.90 Å². The fraction of sp³-hybridized carbons (Fsp3) is 0.448. The number of alkyl halides is 3. The molecular weight excluding hydrogens is 578 g/mol. The number of carbonyl (C=O) groups excluding carboxylic acids is 2. The molecule has 4 N–H and O–H groups in total. The summed E-state index contributed by atoms with van der Waals surface area (Å²) in [6.07, 6.45) is -4.42. The van der Waals surface area contributed by atoms with Crippen molar-refractivity contribution >= 4 is 23.5 Å². The van der Waals surface area contributed by atoms with Crippen LogP contribution in [-0.4, -0.2) is 72.2 Å². The van der Waals surface area contributed by atoms with E-state index in [-0.39, 0.29) is 43.8 Å². The van der Waals surface area contributed by atoms with Crippen molar-refractivity contribution in [2.24, 2.45) is 5.92 Å². The van der Waals surface area contributed by atoms with Gasteiger partial charge in [0, 0.05) is 32.1 Å². The fourth-order valence-corrected chi connectivity index (χ4v) is 4.79. The van der Waals surface area contributed by atoms with E-state index in [1.54, 1.807) is 30.3 Å². The highest BCUT2D eigenvalue weighted by molar-refractivity contribution is 6.02. The maximum atomic E-state index is 14.5. The molecule has 2 aromatic carbocycles. The molecule has 0 aromatic heterocycles. The second kappa shape index (κ2) is 15.0. The lowest BCUT2D eigenvalue weighted by Gasteiger charge is -2.37. The van der Waals surface area contributed by atoms with Gasteiger partial charge in [0.2, 0.25) is 17.6 Å². The Morgan fingerprint density at radius 2 is 1.67 bits per heavy atom. The van der Waals surface area contributed by atoms with Gasteiger partial charge in [0.1, 0.15) is 17.7 Å². The summed E-state index contributed by atoms with van der Waals surface area (Å²) in [4.78, 5) is 27.7. The quantitative estimate of drug-likeness (QED) is 0.122. The average Bonchev–Trinajstić information content (AvgIpc) is 2.96. The first-order valence-electron chi connectivity index (χ1n) is 13.8. The van der Waals surface area contributed by atoms with Crippen LogP contribution in [0.5, 0.6) is 0 Å². The van der Waals surface area contributed by atoms with Gasteiger partial charge in [0.05, 0.1) is 6.54 Å². The van der Waals surface area contributed by atoms with E-state index in [4.69, 9.17) is 10.8 Å². The Hall–Kier alpha value is -3.94. The van der Waals surface area contributed by atoms with Gasteiger partial charge in [-0.3, -0.25) is 20.4 Å². The Balaban J connectivity index is 1.74. The molecule has 2 atom stereocenters. The van der Waals surface area contributed by atoms with Crippen LogP contribution in [0.4, 0.5) is 26.3 Å². The van der Waals surface area contributed by atoms with Gasteiger partial charge in [-0.2, -0.15) is 13.2 Å². The minimum Gasteiger partial charge on any atom is -0.354 e. The summed E-state index contributed by atoms with van der Waals surface area (Å²) in [6, 6.07) is 9.30. The van der Waals surface area contributed by atoms with Crippen LogP contribution in [0, 0.1) is 34.2 Å². The summed E-state index contributed by atoms with van der Waals surface area (Å²) in [7, 11) is 0. The van der Waals surface area contributed by atoms with Gasteiger partial charge < -0.3 is 20.4 Å². The zero-order valence-electron chi connectivity index (χ0n) is 23.5. The maximum Gasteiger partial charge on any atom is 0.449 e. The normalized spacial score (nSPS) is 15.3. The van der Waals surface area contributed by atoms with Crippen LogP contribution in [0.25, 0.3) is 0 Å². The van der Waals surface area contributed by atoms with Crippen LogP contribution in [0.1, 0.15) is 43.4 Å². The van der Waals surface area contributed by atoms with E-state index in [0.29, 0.717) is 23.1 Å². The largest absolute Gasteiger partial charge is 0.449 e. The number of amidine groups is 2. The zero-order chi connectivity index (χ0) is 31.7. The monoisotopic (exact) mass is 612 g/mol. The molecule has 1 aliphatic heterocycles. The molecule has 1 aliphatic rings. The van der Waals surface area contributed by atoms with Crippen molar-refractivity contribution in [2.75, 3.05) is 32.7 Å². The summed E-state index contributed by atoms with van der Waals surface area (Å²) >= 11 is 0. The van der Waals surface area contributed by atoms with E-state index in [1.807, 2.05) is 6.92 Å². The molecule has 0 saturated carbocycles. The lowest BCUT2D eigenvalue weighted by molar-refractivity contribution is -0.132. The molecule has 2 amide bonds. The van der Waals surface area contributed by atoms with E-state index in [2.05, 4.69) is 10.6 Å². The van der Waals surface area contributed by atoms with Crippen molar-refractivity contribution in [3.8, 4) is 0 Å². The van der Waals surface area contributed by atoms with Gasteiger partial charge in [-0.25, -0.2) is 13.2 Å². The van der Waals surface area contributed by atoms with Crippen LogP contribution >= 0.6 is 0 Å². The van der Waals surface area contributed by atoms with Crippen LogP contribution in [0.15, 0.2) is 42.5 Å². The van der Waals surface area contributed by atoms with E-state index in [0.717, 1.165) is 12.5 Å². The third-order valence-electron chi connectivity index (χ3n) is 7.06. The molecule has 1 saturated heterocycles. The highest BCUT2D eigenvalue weighted by Crippen LogP contribution is 2.24. The minimum atomic E-state index is -4.95. The SMILES string of the molecule is CCCNC(=O)[C@@H](NCCC(CC(=O)N1CCN(C(=N)C(F)(F)F)C(=N)C1)Cc1cc(F)c(F)cc1F)c1ccccc1. The molecule has 0 bridgehead atoms. The van der Waals surface area contributed by atoms with Crippen LogP contribution in [0.3, 0.4) is 0 Å². The first-order valence-corrected chi connectivity index (χ1v) is 13.8. The number of halogens is 6. The third kappa shape index (κ3) is 9.27. The number of nitrogens with one attached hydrogen (secondary N) is 4. The Morgan fingerprint density at radius 3 is 2.30 bits per heavy atom. The number of amides is 2. The van der Waals surface area contributed by atoms with Crippen LogP contribution in [-0.2, 0) is 16.0 Å². The lowest BCUT2D eigenvalue weighted by atomic mass is 9.91. The van der Waals surface area contributed by atoms with E-state index < -0.39 is 66.3 Å². The number of nitrogens with zero attached hydrogens (tertiary/aromatic N) is 2. The fourth-order valence-electron chi connectivity index (χ4n) is 4.79. The van der Waals surface area contributed by atoms with Crippen molar-refractivity contribution < 1.29 is 35.9 Å². The number of benzene rings is 2. The number of hydrogen-bond donors (Lipinski definition) is 4. The molecule has 1 unspecified atom stereocenters. The molecule has 0 radical (unpaired) electrons. The van der Waals surface area contributed by atoms with Gasteiger partial charge in [-0.05, 0) is 48.9 Å². The molecule has 1 fully saturated rings. The predicted molar refractivity (Wildman–Crippen MR) is 148 cm³/mol. The Labute approximate surface area is 245 Å². The van der Waals surface area contributed by atoms with Gasteiger partial charge in [-0.1, -0.05) is 37.3 Å². The Kier molecular flexibility index (Phi) is 11.7. The first kappa shape index (κ1) is 33.6. The lowest BCUT2D eigenvalue weighted by Crippen LogP contribution is -2.56. The number of hydrogen-bond acceptors (Lipinski definition) is 5. The van der Waals surface area contributed by atoms with Gasteiger partial charge >= 0.3 is 6.18 Å². The van der Waals surface area contributed by atoms with Gasteiger partial charge in [0.25, 0.3) is 0 Å². The topological polar surface area (TPSA) is 112 Å². The van der Waals surface area contributed by atoms with Crippen molar-refractivity contribution in [3.05, 3.63) is 71.0 Å². The Bertz CT molecular complexity index is 1310. The molecule has 0 spiro atoms. The molecule has 0 aliphatic carbocycles. The van der Waals surface area contributed by atoms with Crippen molar-refractivity contribution in [3.63, 3.8) is 0 Å². The first-order chi connectivity index (χ1) is 20.3. The summed E-state index contributed by atoms with van der Waals surface area (Å²) in [5, 5.41) is 21.2. The molecule has 234 valence electrons. The molecule has 3 rings (SSSR count). The average molecular weight is 613 g/mol. The molecule has 2 aromatic rings. The van der Waals surface area contributed by atoms with E-state index >= 15 is 0 Å². The molecule has 1 heterocycles. The van der Waals surface area contributed by atoms with Crippen molar-refractivity contribution in [2.45, 2.75) is 44.8 Å². The number of piperazine rings is 1. The highest BCUT2D eigenvalue weighted by atomic mass is 19.4. The summed E-state index contributed by atoms with van der Waals surface area (Å²) in [5.74, 6) is -7.33. The second-order valence-electron chi connectivity index (χ2n) is 10.3. The summed E-state index contributed by atoms with van der Waals surface area (Å²) in [5.41, 5.74) is 0.532. The van der Waals surface area contributed by atoms with Crippen molar-refractivity contribution in [1.82, 2.24) is 20.4 Å². The van der Waals surface area contributed by atoms with Crippen LogP contribution in [0.2, 0.25) is 0 Å². The smallest absolute Gasteiger partial charge is 0.354 e. The summed E-state index contributed by atoms with van der Waals surface area (Å²) in [6.45, 7) is 1.49. The Morgan fingerprint density at radius 1 is 1.00 bits per heavy atom. The summed E-state index contributed by atoms with van der Waals surface area (Å²) < 4.78 is 80.9. The highest BCUT2D eigenvalue weighted by Gasteiger charge is 2.41. The predicted octanol–water partition coefficient (Wildman–Crippen LogP) is 4.56. The van der Waals surface area contributed by atoms with Gasteiger partial charge in [-0.15, -0.1) is 0 Å². The van der Waals surface area contributed by atoms with Crippen LogP contribution < -0.4 is 10.6 Å². The van der Waals surface area contributed by atoms with Gasteiger partial charge in [0.15, 0.2) is 11.6 Å². The second-order valence-corrected chi connectivity index (χ2v) is 10.3. The molecule has 14 heteroatoms. The number of rotatable bonds is 12. The minimum absolute atomic E-state index is 0.159. The zero-order valence-corrected chi connectivity index (χ0v) is 23.5. The van der Waals surface area contributed by atoms with Crippen molar-refractivity contribution in [1.29, 1.82) is 10.8 Å². The molecule has 8 nitrogen and oxygen atoms in total. The maximum absolute atomic E-state index is 14.5. The van der Waals surface area contributed by atoms with E-state index in [9.17, 15) is 35.9 Å². The number of carbonyl (C=O) groups is 2. The molecular formula is C29H34F6N6O2. The molecule has 43 heavy (non-hydrogen) atoms. The standard InChI is InChI=1S/C29H34F6N6O2/c1-2-9-39-27(43)26(19-6-4-3-5-7-19)38-10-8-18(13-20-15-22(31)23(32)16-21(20)30)14-25(42)40-11-12-41(24(36)17-40)28(37)29(33,34)35/h3-7,15-16,18,26,36-38H,2,8-14,17H2,1H3,(H,39,43)/t18?,26-/m0/s1.